The molecule has 1 aliphatic heterocycles. The molecule has 1 amide bonds. The maximum atomic E-state index is 12.3. The highest BCUT2D eigenvalue weighted by Gasteiger charge is 2.16. The standard InChI is InChI=1S/C19H19N5O4S/c1-23-7-3-4-13(18(23)26)17-21-22-19(24(17)2)29-11-16(25)20-12-5-6-14-15(10-12)28-9-8-27-14/h3-7,10H,8-9,11H2,1-2H3,(H,20,25). The number of anilines is 1. The molecule has 1 aliphatic rings. The van der Waals surface area contributed by atoms with E-state index in [-0.39, 0.29) is 17.2 Å². The van der Waals surface area contributed by atoms with Crippen LogP contribution in [-0.2, 0) is 18.9 Å². The van der Waals surface area contributed by atoms with E-state index in [2.05, 4.69) is 15.5 Å². The first-order valence-corrected chi connectivity index (χ1v) is 9.89. The second-order valence-corrected chi connectivity index (χ2v) is 7.34. The number of benzene rings is 1. The van der Waals surface area contributed by atoms with Crippen LogP contribution < -0.4 is 20.3 Å². The Balaban J connectivity index is 1.42. The van der Waals surface area contributed by atoms with E-state index in [1.807, 2.05) is 0 Å². The molecule has 0 bridgehead atoms. The second kappa shape index (κ2) is 8.00. The van der Waals surface area contributed by atoms with Gasteiger partial charge in [0.25, 0.3) is 5.56 Å². The first-order chi connectivity index (χ1) is 14.0. The highest BCUT2D eigenvalue weighted by Crippen LogP contribution is 2.32. The fourth-order valence-corrected chi connectivity index (χ4v) is 3.60. The number of amides is 1. The minimum atomic E-state index is -0.188. The van der Waals surface area contributed by atoms with Gasteiger partial charge in [-0.05, 0) is 24.3 Å². The predicted octanol–water partition coefficient (Wildman–Crippen LogP) is 1.68. The molecule has 0 saturated carbocycles. The number of carbonyl (C=O) groups excluding carboxylic acids is 1. The van der Waals surface area contributed by atoms with Crippen molar-refractivity contribution in [3.63, 3.8) is 0 Å². The zero-order chi connectivity index (χ0) is 20.4. The van der Waals surface area contributed by atoms with Crippen LogP contribution in [0.15, 0.2) is 46.5 Å². The van der Waals surface area contributed by atoms with Gasteiger partial charge in [0.2, 0.25) is 5.91 Å². The van der Waals surface area contributed by atoms with Crippen molar-refractivity contribution in [2.45, 2.75) is 5.16 Å². The number of pyridine rings is 1. The fourth-order valence-electron chi connectivity index (χ4n) is 2.89. The van der Waals surface area contributed by atoms with E-state index >= 15 is 0 Å². The number of hydrogen-bond acceptors (Lipinski definition) is 7. The average molecular weight is 413 g/mol. The zero-order valence-corrected chi connectivity index (χ0v) is 16.7. The lowest BCUT2D eigenvalue weighted by Gasteiger charge is -2.18. The Morgan fingerprint density at radius 1 is 1.17 bits per heavy atom. The summed E-state index contributed by atoms with van der Waals surface area (Å²) in [4.78, 5) is 24.6. The van der Waals surface area contributed by atoms with Gasteiger partial charge in [-0.3, -0.25) is 9.59 Å². The van der Waals surface area contributed by atoms with Gasteiger partial charge in [-0.1, -0.05) is 11.8 Å². The Bertz CT molecular complexity index is 1120. The summed E-state index contributed by atoms with van der Waals surface area (Å²) in [6.45, 7) is 1.00. The molecule has 10 heteroatoms. The fraction of sp³-hybridized carbons (Fsp3) is 0.263. The molecule has 0 spiro atoms. The van der Waals surface area contributed by atoms with Gasteiger partial charge in [0.15, 0.2) is 22.5 Å². The minimum Gasteiger partial charge on any atom is -0.486 e. The van der Waals surface area contributed by atoms with Crippen LogP contribution in [0.4, 0.5) is 5.69 Å². The molecule has 0 radical (unpaired) electrons. The van der Waals surface area contributed by atoms with Gasteiger partial charge in [0.1, 0.15) is 13.2 Å². The minimum absolute atomic E-state index is 0.146. The second-order valence-electron chi connectivity index (χ2n) is 6.40. The van der Waals surface area contributed by atoms with E-state index in [0.717, 1.165) is 0 Å². The summed E-state index contributed by atoms with van der Waals surface area (Å²) in [5.74, 6) is 1.70. The number of nitrogens with zero attached hydrogens (tertiary/aromatic N) is 4. The molecule has 2 aromatic heterocycles. The van der Waals surface area contributed by atoms with Crippen molar-refractivity contribution in [3.8, 4) is 22.9 Å². The molecule has 150 valence electrons. The van der Waals surface area contributed by atoms with E-state index in [1.54, 1.807) is 55.2 Å². The van der Waals surface area contributed by atoms with Crippen molar-refractivity contribution in [1.29, 1.82) is 0 Å². The number of fused-ring (bicyclic) bond motifs is 1. The largest absolute Gasteiger partial charge is 0.486 e. The van der Waals surface area contributed by atoms with Crippen LogP contribution in [0.2, 0.25) is 0 Å². The van der Waals surface area contributed by atoms with Gasteiger partial charge in [-0.25, -0.2) is 0 Å². The third kappa shape index (κ3) is 3.97. The molecule has 29 heavy (non-hydrogen) atoms. The van der Waals surface area contributed by atoms with Crippen molar-refractivity contribution in [1.82, 2.24) is 19.3 Å². The number of carbonyl (C=O) groups is 1. The summed E-state index contributed by atoms with van der Waals surface area (Å²) in [5, 5.41) is 11.6. The van der Waals surface area contributed by atoms with Crippen LogP contribution in [0.25, 0.3) is 11.4 Å². The Kier molecular flexibility index (Phi) is 5.26. The van der Waals surface area contributed by atoms with E-state index in [0.29, 0.717) is 46.9 Å². The third-order valence-corrected chi connectivity index (χ3v) is 5.38. The third-order valence-electron chi connectivity index (χ3n) is 4.36. The normalized spacial score (nSPS) is 12.6. The number of ether oxygens (including phenoxy) is 2. The van der Waals surface area contributed by atoms with Crippen molar-refractivity contribution in [3.05, 3.63) is 46.9 Å². The van der Waals surface area contributed by atoms with Gasteiger partial charge in [0, 0.05) is 32.0 Å². The van der Waals surface area contributed by atoms with Crippen LogP contribution >= 0.6 is 11.8 Å². The summed E-state index contributed by atoms with van der Waals surface area (Å²) in [6, 6.07) is 8.76. The molecule has 0 saturated heterocycles. The van der Waals surface area contributed by atoms with Crippen molar-refractivity contribution >= 4 is 23.4 Å². The van der Waals surface area contributed by atoms with Gasteiger partial charge >= 0.3 is 0 Å². The lowest BCUT2D eigenvalue weighted by atomic mass is 10.2. The maximum Gasteiger partial charge on any atom is 0.261 e. The molecular weight excluding hydrogens is 394 g/mol. The van der Waals surface area contributed by atoms with Crippen LogP contribution in [0.3, 0.4) is 0 Å². The van der Waals surface area contributed by atoms with Crippen LogP contribution in [-0.4, -0.2) is 44.2 Å². The summed E-state index contributed by atoms with van der Waals surface area (Å²) in [6.07, 6.45) is 1.68. The number of nitrogens with one attached hydrogen (secondary N) is 1. The van der Waals surface area contributed by atoms with Gasteiger partial charge in [0.05, 0.1) is 11.3 Å². The van der Waals surface area contributed by atoms with E-state index in [4.69, 9.17) is 9.47 Å². The lowest BCUT2D eigenvalue weighted by molar-refractivity contribution is -0.113. The van der Waals surface area contributed by atoms with E-state index < -0.39 is 0 Å². The van der Waals surface area contributed by atoms with E-state index in [9.17, 15) is 9.59 Å². The molecule has 9 nitrogen and oxygen atoms in total. The Morgan fingerprint density at radius 3 is 2.79 bits per heavy atom. The quantitative estimate of drug-likeness (QED) is 0.635. The van der Waals surface area contributed by atoms with Crippen molar-refractivity contribution < 1.29 is 14.3 Å². The summed E-state index contributed by atoms with van der Waals surface area (Å²) < 4.78 is 14.2. The van der Waals surface area contributed by atoms with Crippen LogP contribution in [0.5, 0.6) is 11.5 Å². The maximum absolute atomic E-state index is 12.3. The number of hydrogen-bond donors (Lipinski definition) is 1. The molecule has 3 heterocycles. The smallest absolute Gasteiger partial charge is 0.261 e. The van der Waals surface area contributed by atoms with Gasteiger partial charge in [-0.15, -0.1) is 10.2 Å². The monoisotopic (exact) mass is 413 g/mol. The molecule has 4 rings (SSSR count). The Morgan fingerprint density at radius 2 is 1.97 bits per heavy atom. The summed E-state index contributed by atoms with van der Waals surface area (Å²) in [7, 11) is 3.45. The average Bonchev–Trinajstić information content (AvgIpc) is 3.08. The molecule has 0 fully saturated rings. The molecule has 1 N–H and O–H groups in total. The number of thioether (sulfide) groups is 1. The summed E-state index contributed by atoms with van der Waals surface area (Å²) in [5.41, 5.74) is 0.930. The van der Waals surface area contributed by atoms with Crippen molar-refractivity contribution in [2.24, 2.45) is 14.1 Å². The molecule has 0 aliphatic carbocycles. The number of aryl methyl sites for hydroxylation is 1. The van der Waals surface area contributed by atoms with Gasteiger partial charge < -0.3 is 23.9 Å². The molecule has 0 unspecified atom stereocenters. The zero-order valence-electron chi connectivity index (χ0n) is 15.9. The van der Waals surface area contributed by atoms with Crippen LogP contribution in [0, 0.1) is 0 Å². The van der Waals surface area contributed by atoms with E-state index in [1.165, 1.54) is 16.3 Å². The lowest BCUT2D eigenvalue weighted by Crippen LogP contribution is -2.18. The molecule has 0 atom stereocenters. The topological polar surface area (TPSA) is 100 Å². The first kappa shape index (κ1) is 19.1. The Labute approximate surface area is 170 Å². The SMILES string of the molecule is Cn1c(SCC(=O)Nc2ccc3c(c2)OCCO3)nnc1-c1cccn(C)c1=O. The highest BCUT2D eigenvalue weighted by molar-refractivity contribution is 7.99. The predicted molar refractivity (Wildman–Crippen MR) is 108 cm³/mol. The Hall–Kier alpha value is -3.27. The summed E-state index contributed by atoms with van der Waals surface area (Å²) >= 11 is 1.24. The first-order valence-electron chi connectivity index (χ1n) is 8.90. The molecule has 3 aromatic rings. The molecule has 1 aromatic carbocycles. The number of rotatable bonds is 5. The van der Waals surface area contributed by atoms with Crippen molar-refractivity contribution in [2.75, 3.05) is 24.3 Å². The van der Waals surface area contributed by atoms with Crippen LogP contribution in [0.1, 0.15) is 0 Å². The highest BCUT2D eigenvalue weighted by atomic mass is 32.2. The van der Waals surface area contributed by atoms with Gasteiger partial charge in [-0.2, -0.15) is 0 Å². The molecular formula is C19H19N5O4S. The number of aromatic nitrogens is 4.